The molecule has 0 saturated carbocycles. The first-order valence-corrected chi connectivity index (χ1v) is 2.70. The molecule has 0 radical (unpaired) electrons. The zero-order valence-corrected chi connectivity index (χ0v) is 5.16. The van der Waals surface area contributed by atoms with E-state index in [1.54, 1.807) is 6.92 Å². The summed E-state index contributed by atoms with van der Waals surface area (Å²) >= 11 is 0. The van der Waals surface area contributed by atoms with E-state index in [2.05, 4.69) is 4.74 Å². The van der Waals surface area contributed by atoms with Gasteiger partial charge in [0, 0.05) is 6.61 Å². The summed E-state index contributed by atoms with van der Waals surface area (Å²) in [7, 11) is 0. The van der Waals surface area contributed by atoms with Gasteiger partial charge in [-0.25, -0.2) is 0 Å². The Morgan fingerprint density at radius 2 is 1.89 bits per heavy atom. The van der Waals surface area contributed by atoms with Crippen LogP contribution in [0.3, 0.4) is 0 Å². The summed E-state index contributed by atoms with van der Waals surface area (Å²) in [5, 5.41) is 0. The summed E-state index contributed by atoms with van der Waals surface area (Å²) in [5.41, 5.74) is 0. The molecule has 0 aromatic heterocycles. The Kier molecular flexibility index (Phi) is 3.61. The minimum Gasteiger partial charge on any atom is -0.372 e. The molecule has 0 bridgehead atoms. The van der Waals surface area contributed by atoms with Crippen molar-refractivity contribution in [1.82, 2.24) is 0 Å². The van der Waals surface area contributed by atoms with Crippen molar-refractivity contribution in [2.24, 2.45) is 0 Å². The van der Waals surface area contributed by atoms with Crippen LogP contribution >= 0.6 is 0 Å². The van der Waals surface area contributed by atoms with Crippen LogP contribution in [0.15, 0.2) is 0 Å². The molecular formula is C5H9F3O. The second kappa shape index (κ2) is 3.71. The third-order valence-electron chi connectivity index (χ3n) is 0.614. The van der Waals surface area contributed by atoms with E-state index in [1.807, 2.05) is 0 Å². The SMILES string of the molecule is CCCOCC(F)(F)F. The van der Waals surface area contributed by atoms with Crippen molar-refractivity contribution in [1.29, 1.82) is 0 Å². The maximum Gasteiger partial charge on any atom is 0.411 e. The van der Waals surface area contributed by atoms with E-state index >= 15 is 0 Å². The van der Waals surface area contributed by atoms with Crippen molar-refractivity contribution in [3.8, 4) is 0 Å². The fourth-order valence-electron chi connectivity index (χ4n) is 0.332. The van der Waals surface area contributed by atoms with Gasteiger partial charge in [0.2, 0.25) is 0 Å². The summed E-state index contributed by atoms with van der Waals surface area (Å²) in [6.07, 6.45) is -3.55. The van der Waals surface area contributed by atoms with E-state index in [0.717, 1.165) is 0 Å². The number of ether oxygens (including phenoxy) is 1. The third kappa shape index (κ3) is 7.75. The minimum absolute atomic E-state index is 0.180. The van der Waals surface area contributed by atoms with Gasteiger partial charge in [-0.05, 0) is 6.42 Å². The monoisotopic (exact) mass is 142 g/mol. The summed E-state index contributed by atoms with van der Waals surface area (Å²) < 4.78 is 38.0. The minimum atomic E-state index is -4.17. The van der Waals surface area contributed by atoms with Crippen molar-refractivity contribution in [2.75, 3.05) is 13.2 Å². The molecule has 9 heavy (non-hydrogen) atoms. The van der Waals surface area contributed by atoms with Gasteiger partial charge in [0.25, 0.3) is 0 Å². The highest BCUT2D eigenvalue weighted by atomic mass is 19.4. The quantitative estimate of drug-likeness (QED) is 0.547. The first-order valence-electron chi connectivity index (χ1n) is 2.70. The van der Waals surface area contributed by atoms with Crippen molar-refractivity contribution >= 4 is 0 Å². The van der Waals surface area contributed by atoms with Crippen LogP contribution in [0.25, 0.3) is 0 Å². The van der Waals surface area contributed by atoms with Crippen molar-refractivity contribution < 1.29 is 17.9 Å². The standard InChI is InChI=1S/C5H9F3O/c1-2-3-9-4-5(6,7)8/h2-4H2,1H3. The lowest BCUT2D eigenvalue weighted by atomic mass is 10.5. The second-order valence-corrected chi connectivity index (χ2v) is 1.67. The van der Waals surface area contributed by atoms with Gasteiger partial charge < -0.3 is 4.74 Å². The Labute approximate surface area is 51.8 Å². The second-order valence-electron chi connectivity index (χ2n) is 1.67. The molecule has 0 saturated heterocycles. The van der Waals surface area contributed by atoms with Crippen LogP contribution in [0.1, 0.15) is 13.3 Å². The molecule has 0 heterocycles. The molecule has 0 N–H and O–H groups in total. The zero-order chi connectivity index (χ0) is 7.33. The molecule has 0 aliphatic rings. The Hall–Kier alpha value is -0.250. The third-order valence-corrected chi connectivity index (χ3v) is 0.614. The molecule has 0 aliphatic carbocycles. The van der Waals surface area contributed by atoms with E-state index in [-0.39, 0.29) is 6.61 Å². The molecule has 0 unspecified atom stereocenters. The Morgan fingerprint density at radius 3 is 2.22 bits per heavy atom. The highest BCUT2D eigenvalue weighted by molar-refractivity contribution is 4.44. The summed E-state index contributed by atoms with van der Waals surface area (Å²) in [5.74, 6) is 0. The number of halogens is 3. The molecule has 0 aromatic carbocycles. The Balaban J connectivity index is 3.07. The van der Waals surface area contributed by atoms with Crippen molar-refractivity contribution in [3.63, 3.8) is 0 Å². The van der Waals surface area contributed by atoms with Crippen molar-refractivity contribution in [2.45, 2.75) is 19.5 Å². The van der Waals surface area contributed by atoms with Crippen LogP contribution in [-0.4, -0.2) is 19.4 Å². The molecule has 0 aliphatic heterocycles. The maximum absolute atomic E-state index is 11.3. The van der Waals surface area contributed by atoms with Gasteiger partial charge >= 0.3 is 6.18 Å². The fraction of sp³-hybridized carbons (Fsp3) is 1.00. The zero-order valence-electron chi connectivity index (χ0n) is 5.16. The van der Waals surface area contributed by atoms with Gasteiger partial charge in [-0.3, -0.25) is 0 Å². The van der Waals surface area contributed by atoms with E-state index in [4.69, 9.17) is 0 Å². The smallest absolute Gasteiger partial charge is 0.372 e. The van der Waals surface area contributed by atoms with Crippen LogP contribution in [0, 0.1) is 0 Å². The number of hydrogen-bond acceptors (Lipinski definition) is 1. The van der Waals surface area contributed by atoms with E-state index < -0.39 is 12.8 Å². The average molecular weight is 142 g/mol. The van der Waals surface area contributed by atoms with Gasteiger partial charge in [-0.2, -0.15) is 13.2 Å². The first-order chi connectivity index (χ1) is 4.06. The molecule has 0 spiro atoms. The van der Waals surface area contributed by atoms with Crippen LogP contribution in [0.2, 0.25) is 0 Å². The van der Waals surface area contributed by atoms with Crippen LogP contribution in [0.5, 0.6) is 0 Å². The van der Waals surface area contributed by atoms with Gasteiger partial charge in [0.05, 0.1) is 0 Å². The predicted molar refractivity (Wildman–Crippen MR) is 27.2 cm³/mol. The molecule has 0 aromatic rings. The van der Waals surface area contributed by atoms with E-state index in [0.29, 0.717) is 6.42 Å². The lowest BCUT2D eigenvalue weighted by Crippen LogP contribution is -2.17. The number of hydrogen-bond donors (Lipinski definition) is 0. The Bertz CT molecular complexity index is 69.1. The van der Waals surface area contributed by atoms with Gasteiger partial charge in [-0.1, -0.05) is 6.92 Å². The normalized spacial score (nSPS) is 12.0. The van der Waals surface area contributed by atoms with Crippen LogP contribution < -0.4 is 0 Å². The van der Waals surface area contributed by atoms with Gasteiger partial charge in [-0.15, -0.1) is 0 Å². The fourth-order valence-corrected chi connectivity index (χ4v) is 0.332. The highest BCUT2D eigenvalue weighted by Gasteiger charge is 2.26. The van der Waals surface area contributed by atoms with Crippen LogP contribution in [0.4, 0.5) is 13.2 Å². The molecule has 56 valence electrons. The first kappa shape index (κ1) is 8.75. The summed E-state index contributed by atoms with van der Waals surface area (Å²) in [6.45, 7) is 0.816. The van der Waals surface area contributed by atoms with Crippen molar-refractivity contribution in [3.05, 3.63) is 0 Å². The molecule has 4 heteroatoms. The lowest BCUT2D eigenvalue weighted by Gasteiger charge is -2.04. The number of alkyl halides is 3. The van der Waals surface area contributed by atoms with E-state index in [9.17, 15) is 13.2 Å². The summed E-state index contributed by atoms with van der Waals surface area (Å²) in [4.78, 5) is 0. The molecule has 0 amide bonds. The highest BCUT2D eigenvalue weighted by Crippen LogP contribution is 2.14. The largest absolute Gasteiger partial charge is 0.411 e. The Morgan fingerprint density at radius 1 is 1.33 bits per heavy atom. The molecule has 0 atom stereocenters. The molecule has 0 fully saturated rings. The lowest BCUT2D eigenvalue weighted by molar-refractivity contribution is -0.173. The van der Waals surface area contributed by atoms with Gasteiger partial charge in [0.1, 0.15) is 6.61 Å². The molecule has 1 nitrogen and oxygen atoms in total. The van der Waals surface area contributed by atoms with Gasteiger partial charge in [0.15, 0.2) is 0 Å². The average Bonchev–Trinajstić information content (AvgIpc) is 1.63. The molecular weight excluding hydrogens is 133 g/mol. The van der Waals surface area contributed by atoms with E-state index in [1.165, 1.54) is 0 Å². The topological polar surface area (TPSA) is 9.23 Å². The molecule has 0 rings (SSSR count). The maximum atomic E-state index is 11.3. The number of rotatable bonds is 3. The summed E-state index contributed by atoms with van der Waals surface area (Å²) in [6, 6.07) is 0. The predicted octanol–water partition coefficient (Wildman–Crippen LogP) is 1.98. The van der Waals surface area contributed by atoms with Crippen LogP contribution in [-0.2, 0) is 4.74 Å².